The number of alkyl halides is 3. The van der Waals surface area contributed by atoms with Gasteiger partial charge >= 0.3 is 6.18 Å². The van der Waals surface area contributed by atoms with E-state index in [-0.39, 0.29) is 5.69 Å². The van der Waals surface area contributed by atoms with Gasteiger partial charge in [0.05, 0.1) is 28.2 Å². The van der Waals surface area contributed by atoms with Crippen LogP contribution in [0, 0.1) is 13.8 Å². The second kappa shape index (κ2) is 8.49. The molecule has 1 heterocycles. The van der Waals surface area contributed by atoms with E-state index in [9.17, 15) is 13.2 Å². The lowest BCUT2D eigenvalue weighted by Gasteiger charge is -2.11. The quantitative estimate of drug-likeness (QED) is 0.273. The fraction of sp³-hybridized carbons (Fsp3) is 0.200. The maximum absolute atomic E-state index is 13.1. The first kappa shape index (κ1) is 21.6. The van der Waals surface area contributed by atoms with Gasteiger partial charge in [-0.3, -0.25) is 5.43 Å². The molecule has 164 valence electrons. The van der Waals surface area contributed by atoms with Crippen LogP contribution in [0.2, 0.25) is 0 Å². The van der Waals surface area contributed by atoms with Crippen molar-refractivity contribution in [2.24, 2.45) is 5.10 Å². The van der Waals surface area contributed by atoms with Crippen LogP contribution in [0.1, 0.15) is 40.6 Å². The maximum Gasteiger partial charge on any atom is 0.416 e. The highest BCUT2D eigenvalue weighted by molar-refractivity contribution is 6.01. The lowest BCUT2D eigenvalue weighted by atomic mass is 10.0. The molecule has 0 aliphatic carbocycles. The van der Waals surface area contributed by atoms with E-state index in [1.54, 1.807) is 19.9 Å². The summed E-state index contributed by atoms with van der Waals surface area (Å²) in [5.74, 6) is 0.654. The predicted molar refractivity (Wildman–Crippen MR) is 120 cm³/mol. The van der Waals surface area contributed by atoms with Crippen molar-refractivity contribution < 1.29 is 17.7 Å². The molecule has 0 bridgehead atoms. The molecule has 0 spiro atoms. The number of benzene rings is 3. The van der Waals surface area contributed by atoms with Crippen LogP contribution in [0.4, 0.5) is 18.9 Å². The van der Waals surface area contributed by atoms with Gasteiger partial charge < -0.3 is 4.52 Å². The predicted octanol–water partition coefficient (Wildman–Crippen LogP) is 6.89. The second-order valence-corrected chi connectivity index (χ2v) is 7.82. The Labute approximate surface area is 183 Å². The van der Waals surface area contributed by atoms with E-state index in [0.717, 1.165) is 34.0 Å². The summed E-state index contributed by atoms with van der Waals surface area (Å²) in [7, 11) is 0. The van der Waals surface area contributed by atoms with E-state index in [2.05, 4.69) is 39.9 Å². The summed E-state index contributed by atoms with van der Waals surface area (Å²) in [6.07, 6.45) is -3.89. The van der Waals surface area contributed by atoms with Gasteiger partial charge in [0, 0.05) is 6.42 Å². The second-order valence-electron chi connectivity index (χ2n) is 7.82. The molecule has 0 atom stereocenters. The highest BCUT2D eigenvalue weighted by atomic mass is 19.4. The van der Waals surface area contributed by atoms with Gasteiger partial charge in [-0.15, -0.1) is 0 Å². The van der Waals surface area contributed by atoms with Crippen molar-refractivity contribution in [3.05, 3.63) is 94.4 Å². The van der Waals surface area contributed by atoms with Crippen LogP contribution in [0.25, 0.3) is 10.8 Å². The number of hydrogen-bond acceptors (Lipinski definition) is 4. The van der Waals surface area contributed by atoms with E-state index in [1.807, 2.05) is 25.1 Å². The number of nitrogens with zero attached hydrogens (tertiary/aromatic N) is 2. The van der Waals surface area contributed by atoms with Crippen molar-refractivity contribution in [1.29, 1.82) is 0 Å². The van der Waals surface area contributed by atoms with E-state index >= 15 is 0 Å². The van der Waals surface area contributed by atoms with E-state index in [0.29, 0.717) is 29.2 Å². The van der Waals surface area contributed by atoms with Crippen molar-refractivity contribution in [3.8, 4) is 0 Å². The Kier molecular flexibility index (Phi) is 5.74. The van der Waals surface area contributed by atoms with Crippen molar-refractivity contribution in [2.45, 2.75) is 33.4 Å². The number of halogens is 3. The average Bonchev–Trinajstić information content (AvgIpc) is 3.11. The summed E-state index contributed by atoms with van der Waals surface area (Å²) in [5, 5.41) is 10.7. The molecule has 32 heavy (non-hydrogen) atoms. The first-order valence-corrected chi connectivity index (χ1v) is 10.1. The molecular weight excluding hydrogens is 415 g/mol. The highest BCUT2D eigenvalue weighted by Crippen LogP contribution is 2.32. The number of hydrazone groups is 1. The molecule has 4 aromatic rings. The van der Waals surface area contributed by atoms with Crippen molar-refractivity contribution in [2.75, 3.05) is 5.43 Å². The molecule has 1 N–H and O–H groups in total. The van der Waals surface area contributed by atoms with Gasteiger partial charge in [-0.2, -0.15) is 18.3 Å². The van der Waals surface area contributed by atoms with Crippen LogP contribution in [0.3, 0.4) is 0 Å². The average molecular weight is 437 g/mol. The van der Waals surface area contributed by atoms with Gasteiger partial charge in [-0.25, -0.2) is 0 Å². The number of aryl methyl sites for hydroxylation is 2. The van der Waals surface area contributed by atoms with E-state index in [1.165, 1.54) is 0 Å². The molecule has 0 saturated heterocycles. The Hall–Kier alpha value is -3.61. The zero-order valence-electron chi connectivity index (χ0n) is 17.9. The molecule has 0 amide bonds. The molecular formula is C25H22F3N3O. The minimum Gasteiger partial charge on any atom is -0.360 e. The Morgan fingerprint density at radius 1 is 1.00 bits per heavy atom. The molecule has 0 fully saturated rings. The third-order valence-corrected chi connectivity index (χ3v) is 5.23. The van der Waals surface area contributed by atoms with Crippen LogP contribution < -0.4 is 5.43 Å². The molecule has 4 rings (SSSR count). The van der Waals surface area contributed by atoms with Crippen LogP contribution >= 0.6 is 0 Å². The minimum absolute atomic E-state index is 0.266. The van der Waals surface area contributed by atoms with E-state index in [4.69, 9.17) is 4.52 Å². The first-order chi connectivity index (χ1) is 15.2. The zero-order valence-corrected chi connectivity index (χ0v) is 17.9. The Balaban J connectivity index is 1.59. The van der Waals surface area contributed by atoms with Crippen LogP contribution in [0.15, 0.2) is 70.3 Å². The normalized spacial score (nSPS) is 12.4. The molecule has 0 unspecified atom stereocenters. The number of hydrogen-bond donors (Lipinski definition) is 1. The summed E-state index contributed by atoms with van der Waals surface area (Å²) >= 11 is 0. The van der Waals surface area contributed by atoms with Crippen LogP contribution in [0.5, 0.6) is 0 Å². The first-order valence-electron chi connectivity index (χ1n) is 10.1. The summed E-state index contributed by atoms with van der Waals surface area (Å²) in [4.78, 5) is 0. The number of anilines is 1. The van der Waals surface area contributed by atoms with Crippen molar-refractivity contribution in [1.82, 2.24) is 5.16 Å². The largest absolute Gasteiger partial charge is 0.416 e. The third-order valence-electron chi connectivity index (χ3n) is 5.23. The number of nitrogens with one attached hydrogen (secondary N) is 1. The summed E-state index contributed by atoms with van der Waals surface area (Å²) in [6, 6.07) is 18.1. The fourth-order valence-corrected chi connectivity index (χ4v) is 3.75. The number of rotatable bonds is 5. The lowest BCUT2D eigenvalue weighted by Crippen LogP contribution is -2.07. The van der Waals surface area contributed by atoms with Crippen LogP contribution in [-0.2, 0) is 12.6 Å². The van der Waals surface area contributed by atoms with Gasteiger partial charge in [0.25, 0.3) is 0 Å². The van der Waals surface area contributed by atoms with Gasteiger partial charge in [0.15, 0.2) is 0 Å². The maximum atomic E-state index is 13.1. The monoisotopic (exact) mass is 437 g/mol. The summed E-state index contributed by atoms with van der Waals surface area (Å²) in [5.41, 5.74) is 5.85. The Bertz CT molecular complexity index is 1310. The van der Waals surface area contributed by atoms with E-state index < -0.39 is 11.7 Å². The molecule has 0 radical (unpaired) electrons. The van der Waals surface area contributed by atoms with Crippen molar-refractivity contribution in [3.63, 3.8) is 0 Å². The van der Waals surface area contributed by atoms with Gasteiger partial charge in [-0.1, -0.05) is 47.6 Å². The fourth-order valence-electron chi connectivity index (χ4n) is 3.75. The Morgan fingerprint density at radius 2 is 1.75 bits per heavy atom. The van der Waals surface area contributed by atoms with Gasteiger partial charge in [0.1, 0.15) is 5.76 Å². The lowest BCUT2D eigenvalue weighted by molar-refractivity contribution is -0.137. The van der Waals surface area contributed by atoms with Gasteiger partial charge in [0.2, 0.25) is 0 Å². The molecule has 0 aliphatic heterocycles. The topological polar surface area (TPSA) is 50.4 Å². The third kappa shape index (κ3) is 4.66. The Morgan fingerprint density at radius 3 is 2.50 bits per heavy atom. The van der Waals surface area contributed by atoms with Crippen molar-refractivity contribution >= 4 is 22.2 Å². The van der Waals surface area contributed by atoms with Crippen LogP contribution in [-0.4, -0.2) is 10.9 Å². The minimum atomic E-state index is -4.42. The smallest absolute Gasteiger partial charge is 0.360 e. The molecule has 0 saturated carbocycles. The molecule has 0 aliphatic rings. The summed E-state index contributed by atoms with van der Waals surface area (Å²) in [6.45, 7) is 5.20. The molecule has 1 aromatic heterocycles. The summed E-state index contributed by atoms with van der Waals surface area (Å²) < 4.78 is 44.8. The zero-order chi connectivity index (χ0) is 22.9. The molecule has 4 nitrogen and oxygen atoms in total. The standard InChI is InChI=1S/C25H22F3N3O/c1-15-10-21(25(26,27)28)14-22(11-15)30-29-16(2)24-17(3)31-32-23(24)13-18-8-9-19-6-4-5-7-20(19)12-18/h4-12,14,30H,13H2,1-3H3/b29-16+. The number of aromatic nitrogens is 1. The SMILES string of the molecule is C/C(=N\Nc1cc(C)cc(C(F)(F)F)c1)c1c(C)noc1Cc1ccc2ccccc2c1. The molecule has 3 aromatic carbocycles. The molecule has 7 heteroatoms. The number of fused-ring (bicyclic) bond motifs is 1. The van der Waals surface area contributed by atoms with Gasteiger partial charge in [-0.05, 0) is 60.9 Å². The highest BCUT2D eigenvalue weighted by Gasteiger charge is 2.31.